The molecule has 0 bridgehead atoms. The van der Waals surface area contributed by atoms with Gasteiger partial charge >= 0.3 is 23.8 Å². The SMILES string of the molecule is COC(=O)[C@]1(N(NC(=O)OC(C)(C)C)C(=O)OC(C)(C)C)C(=O)c2cccc(C)c2N1C(C)=O. The lowest BCUT2D eigenvalue weighted by molar-refractivity contribution is -0.154. The molecular weight excluding hydrogens is 446 g/mol. The molecule has 0 fully saturated rings. The number of para-hydroxylation sites is 1. The smallest absolute Gasteiger partial charge is 0.432 e. The molecule has 3 amide bonds. The Morgan fingerprint density at radius 3 is 2.03 bits per heavy atom. The minimum absolute atomic E-state index is 0.0138. The zero-order valence-electron chi connectivity index (χ0n) is 20.9. The van der Waals surface area contributed by atoms with Crippen LogP contribution < -0.4 is 10.3 Å². The van der Waals surface area contributed by atoms with Crippen molar-refractivity contribution < 1.29 is 38.2 Å². The van der Waals surface area contributed by atoms with Gasteiger partial charge in [0, 0.05) is 12.5 Å². The second-order valence-electron chi connectivity index (χ2n) is 9.75. The molecule has 11 nitrogen and oxygen atoms in total. The number of hydrogen-bond acceptors (Lipinski definition) is 8. The Morgan fingerprint density at radius 1 is 1.00 bits per heavy atom. The van der Waals surface area contributed by atoms with E-state index < -0.39 is 46.7 Å². The first-order chi connectivity index (χ1) is 15.5. The molecule has 11 heteroatoms. The Hall–Kier alpha value is -3.63. The lowest BCUT2D eigenvalue weighted by Crippen LogP contribution is -2.74. The van der Waals surface area contributed by atoms with Crippen molar-refractivity contribution in [2.45, 2.75) is 72.3 Å². The van der Waals surface area contributed by atoms with Crippen molar-refractivity contribution in [2.75, 3.05) is 12.0 Å². The number of ether oxygens (including phenoxy) is 3. The molecule has 0 spiro atoms. The maximum absolute atomic E-state index is 13.8. The average molecular weight is 478 g/mol. The zero-order chi connectivity index (χ0) is 26.2. The average Bonchev–Trinajstić information content (AvgIpc) is 2.94. The maximum Gasteiger partial charge on any atom is 0.432 e. The van der Waals surface area contributed by atoms with Gasteiger partial charge in [-0.2, -0.15) is 5.01 Å². The summed E-state index contributed by atoms with van der Waals surface area (Å²) in [5, 5.41) is 0.362. The number of amides is 3. The van der Waals surface area contributed by atoms with Gasteiger partial charge in [0.15, 0.2) is 0 Å². The Bertz CT molecular complexity index is 1040. The van der Waals surface area contributed by atoms with Gasteiger partial charge in [-0.3, -0.25) is 14.5 Å². The van der Waals surface area contributed by atoms with Gasteiger partial charge in [0.1, 0.15) is 11.2 Å². The fourth-order valence-electron chi connectivity index (χ4n) is 3.55. The quantitative estimate of drug-likeness (QED) is 0.297. The summed E-state index contributed by atoms with van der Waals surface area (Å²) in [7, 11) is 0.992. The minimum atomic E-state index is -2.76. The number of carbonyl (C=O) groups excluding carboxylic acids is 5. The van der Waals surface area contributed by atoms with Crippen LogP contribution in [0.15, 0.2) is 18.2 Å². The second-order valence-corrected chi connectivity index (χ2v) is 9.75. The highest BCUT2D eigenvalue weighted by Gasteiger charge is 2.67. The van der Waals surface area contributed by atoms with Gasteiger partial charge in [0.2, 0.25) is 11.7 Å². The fraction of sp³-hybridized carbons (Fsp3) is 0.522. The summed E-state index contributed by atoms with van der Waals surface area (Å²) in [5.74, 6) is -3.01. The molecule has 0 aliphatic carbocycles. The molecule has 34 heavy (non-hydrogen) atoms. The number of ketones is 1. The van der Waals surface area contributed by atoms with E-state index in [1.165, 1.54) is 6.07 Å². The van der Waals surface area contributed by atoms with Crippen LogP contribution in [-0.2, 0) is 23.8 Å². The summed E-state index contributed by atoms with van der Waals surface area (Å²) in [4.78, 5) is 67.0. The summed E-state index contributed by atoms with van der Waals surface area (Å²) < 4.78 is 15.5. The summed E-state index contributed by atoms with van der Waals surface area (Å²) >= 11 is 0. The van der Waals surface area contributed by atoms with Gasteiger partial charge in [-0.15, -0.1) is 0 Å². The molecule has 1 aliphatic rings. The van der Waals surface area contributed by atoms with Gasteiger partial charge in [-0.1, -0.05) is 12.1 Å². The molecule has 2 rings (SSSR count). The van der Waals surface area contributed by atoms with Crippen LogP contribution in [0.1, 0.15) is 64.4 Å². The molecule has 0 saturated heterocycles. The monoisotopic (exact) mass is 477 g/mol. The normalized spacial score (nSPS) is 17.6. The van der Waals surface area contributed by atoms with Crippen LogP contribution >= 0.6 is 0 Å². The molecule has 1 atom stereocenters. The molecule has 1 heterocycles. The van der Waals surface area contributed by atoms with Crippen molar-refractivity contribution in [3.05, 3.63) is 29.3 Å². The molecule has 0 saturated carbocycles. The number of benzene rings is 1. The lowest BCUT2D eigenvalue weighted by atomic mass is 10.0. The Balaban J connectivity index is 2.85. The highest BCUT2D eigenvalue weighted by Crippen LogP contribution is 2.43. The number of esters is 1. The summed E-state index contributed by atoms with van der Waals surface area (Å²) in [6.07, 6.45) is -2.44. The van der Waals surface area contributed by atoms with Crippen molar-refractivity contribution in [2.24, 2.45) is 0 Å². The van der Waals surface area contributed by atoms with Crippen molar-refractivity contribution in [1.82, 2.24) is 10.4 Å². The predicted octanol–water partition coefficient (Wildman–Crippen LogP) is 3.09. The van der Waals surface area contributed by atoms with Crippen molar-refractivity contribution in [1.29, 1.82) is 0 Å². The molecule has 1 aromatic rings. The van der Waals surface area contributed by atoms with Crippen molar-refractivity contribution in [3.8, 4) is 0 Å². The number of hydrogen-bond donors (Lipinski definition) is 1. The van der Waals surface area contributed by atoms with E-state index in [9.17, 15) is 24.0 Å². The van der Waals surface area contributed by atoms with Crippen LogP contribution in [0, 0.1) is 6.92 Å². The van der Waals surface area contributed by atoms with Crippen LogP contribution in [0.4, 0.5) is 15.3 Å². The van der Waals surface area contributed by atoms with Crippen LogP contribution in [0.3, 0.4) is 0 Å². The van der Waals surface area contributed by atoms with Gasteiger partial charge in [0.25, 0.3) is 0 Å². The standard InChI is InChI=1S/C23H31N3O8/c1-13-11-10-12-15-16(13)25(14(2)27)23(17(15)28,18(29)32-9)26(20(31)34-22(6,7)8)24-19(30)33-21(3,4)5/h10-12H,1-9H3,(H,24,30)/t23-/m1/s1. The Kier molecular flexibility index (Phi) is 7.01. The zero-order valence-corrected chi connectivity index (χ0v) is 20.9. The number of fused-ring (bicyclic) bond motifs is 1. The molecule has 0 unspecified atom stereocenters. The second kappa shape index (κ2) is 8.96. The number of nitrogens with one attached hydrogen (secondary N) is 1. The molecular formula is C23H31N3O8. The topological polar surface area (TPSA) is 132 Å². The van der Waals surface area contributed by atoms with Gasteiger partial charge in [-0.05, 0) is 60.1 Å². The Labute approximate surface area is 198 Å². The minimum Gasteiger partial charge on any atom is -0.465 e. The number of nitrogens with zero attached hydrogens (tertiary/aromatic N) is 2. The number of rotatable bonds is 2. The predicted molar refractivity (Wildman–Crippen MR) is 121 cm³/mol. The first-order valence-electron chi connectivity index (χ1n) is 10.5. The first kappa shape index (κ1) is 26.6. The van der Waals surface area contributed by atoms with Crippen LogP contribution in [0.5, 0.6) is 0 Å². The molecule has 0 radical (unpaired) electrons. The summed E-state index contributed by atoms with van der Waals surface area (Å²) in [6, 6.07) is 4.61. The number of anilines is 1. The van der Waals surface area contributed by atoms with E-state index in [1.807, 2.05) is 0 Å². The summed E-state index contributed by atoms with van der Waals surface area (Å²) in [5.41, 5.74) is -2.12. The van der Waals surface area contributed by atoms with Gasteiger partial charge < -0.3 is 14.2 Å². The molecule has 1 N–H and O–H groups in total. The van der Waals surface area contributed by atoms with E-state index in [1.54, 1.807) is 60.6 Å². The fourth-order valence-corrected chi connectivity index (χ4v) is 3.55. The molecule has 0 aromatic heterocycles. The van der Waals surface area contributed by atoms with Crippen LogP contribution in [0.2, 0.25) is 0 Å². The highest BCUT2D eigenvalue weighted by molar-refractivity contribution is 6.30. The number of methoxy groups -OCH3 is 1. The Morgan fingerprint density at radius 2 is 1.56 bits per heavy atom. The molecule has 1 aliphatic heterocycles. The number of aryl methyl sites for hydroxylation is 1. The number of carbonyl (C=O) groups is 5. The number of hydrazine groups is 1. The molecule has 1 aromatic carbocycles. The van der Waals surface area contributed by atoms with E-state index >= 15 is 0 Å². The van der Waals surface area contributed by atoms with Crippen molar-refractivity contribution >= 4 is 35.5 Å². The summed E-state index contributed by atoms with van der Waals surface area (Å²) in [6.45, 7) is 12.2. The van der Waals surface area contributed by atoms with Gasteiger partial charge in [-0.25, -0.2) is 19.8 Å². The third-order valence-corrected chi connectivity index (χ3v) is 4.63. The van der Waals surface area contributed by atoms with E-state index in [0.29, 0.717) is 10.6 Å². The largest absolute Gasteiger partial charge is 0.465 e. The lowest BCUT2D eigenvalue weighted by Gasteiger charge is -2.42. The van der Waals surface area contributed by atoms with Crippen LogP contribution in [0.25, 0.3) is 0 Å². The first-order valence-corrected chi connectivity index (χ1v) is 10.5. The maximum atomic E-state index is 13.8. The number of Topliss-reactive ketones (excluding diaryl/α,β-unsaturated/α-hetero) is 1. The highest BCUT2D eigenvalue weighted by atomic mass is 16.6. The molecule has 186 valence electrons. The third kappa shape index (κ3) is 4.82. The third-order valence-electron chi connectivity index (χ3n) is 4.63. The van der Waals surface area contributed by atoms with Crippen LogP contribution in [-0.4, -0.2) is 58.8 Å². The van der Waals surface area contributed by atoms with E-state index in [-0.39, 0.29) is 11.3 Å². The van der Waals surface area contributed by atoms with E-state index in [2.05, 4.69) is 5.43 Å². The van der Waals surface area contributed by atoms with E-state index in [4.69, 9.17) is 14.2 Å². The van der Waals surface area contributed by atoms with Crippen molar-refractivity contribution in [3.63, 3.8) is 0 Å². The van der Waals surface area contributed by atoms with E-state index in [0.717, 1.165) is 18.9 Å². The van der Waals surface area contributed by atoms with Gasteiger partial charge in [0.05, 0.1) is 12.8 Å².